The zero-order valence-electron chi connectivity index (χ0n) is 19.8. The summed E-state index contributed by atoms with van der Waals surface area (Å²) < 4.78 is 6.81. The molecule has 1 unspecified atom stereocenters. The van der Waals surface area contributed by atoms with Gasteiger partial charge in [0, 0.05) is 5.92 Å². The minimum absolute atomic E-state index is 0.00507. The summed E-state index contributed by atoms with van der Waals surface area (Å²) in [4.78, 5) is 5.32. The summed E-state index contributed by atoms with van der Waals surface area (Å²) >= 11 is 0. The molecule has 1 fully saturated rings. The predicted molar refractivity (Wildman–Crippen MR) is 147 cm³/mol. The average Bonchev–Trinajstić information content (AvgIpc) is 3.59. The number of hydrogen-bond donors (Lipinski definition) is 0. The Kier molecular flexibility index (Phi) is 6.47. The van der Waals surface area contributed by atoms with E-state index in [4.69, 9.17) is 9.73 Å². The van der Waals surface area contributed by atoms with Crippen LogP contribution in [0.5, 0.6) is 0 Å². The molecule has 0 N–H and O–H groups in total. The second-order valence-corrected chi connectivity index (χ2v) is 11.9. The van der Waals surface area contributed by atoms with Crippen molar-refractivity contribution in [1.29, 1.82) is 0 Å². The molecule has 0 saturated heterocycles. The van der Waals surface area contributed by atoms with Gasteiger partial charge in [0.25, 0.3) is 0 Å². The summed E-state index contributed by atoms with van der Waals surface area (Å²) in [5, 5.41) is 2.90. The van der Waals surface area contributed by atoms with E-state index in [2.05, 4.69) is 121 Å². The number of hydrogen-bond acceptors (Lipinski definition) is 2. The smallest absolute Gasteiger partial charge is 0.188 e. The van der Waals surface area contributed by atoms with Crippen LogP contribution in [0, 0.1) is 5.92 Å². The van der Waals surface area contributed by atoms with Gasteiger partial charge in [-0.25, -0.2) is 4.99 Å². The van der Waals surface area contributed by atoms with Crippen LogP contribution in [0.15, 0.2) is 126 Å². The van der Waals surface area contributed by atoms with Gasteiger partial charge in [0.15, 0.2) is 12.0 Å². The minimum Gasteiger partial charge on any atom is -0.470 e. The fraction of sp³-hybridized carbons (Fsp3) is 0.219. The van der Waals surface area contributed by atoms with E-state index < -0.39 is 7.92 Å². The molecule has 4 aromatic carbocycles. The summed E-state index contributed by atoms with van der Waals surface area (Å²) in [5.74, 6) is 1.32. The Labute approximate surface area is 209 Å². The van der Waals surface area contributed by atoms with Crippen LogP contribution in [0.2, 0.25) is 0 Å². The highest BCUT2D eigenvalue weighted by atomic mass is 31.1. The van der Waals surface area contributed by atoms with Gasteiger partial charge in [-0.2, -0.15) is 0 Å². The summed E-state index contributed by atoms with van der Waals surface area (Å²) in [5.41, 5.74) is 2.95. The Hall–Kier alpha value is -3.22. The van der Waals surface area contributed by atoms with Crippen LogP contribution < -0.4 is 10.6 Å². The standard InChI is InChI=1S/C32H30NOP/c1-5-14-24(15-6-1)30-31(25-16-7-2-8-17-25)34-32(33-30)28-22-13-23-29(28)35(26-18-9-3-10-19-26)27-20-11-4-12-21-27/h1-12,14-21,28-31H,13,22-23H2/t28?,29-,30-,31-/m0/s1. The van der Waals surface area contributed by atoms with Gasteiger partial charge in [0.05, 0.1) is 0 Å². The van der Waals surface area contributed by atoms with Crippen molar-refractivity contribution in [2.75, 3.05) is 0 Å². The van der Waals surface area contributed by atoms with Crippen LogP contribution in [0.3, 0.4) is 0 Å². The van der Waals surface area contributed by atoms with Crippen molar-refractivity contribution < 1.29 is 4.74 Å². The fourth-order valence-electron chi connectivity index (χ4n) is 5.65. The number of ether oxygens (including phenoxy) is 1. The molecule has 0 spiro atoms. The highest BCUT2D eigenvalue weighted by Crippen LogP contribution is 2.53. The number of benzene rings is 4. The lowest BCUT2D eigenvalue weighted by Gasteiger charge is -2.30. The Bertz CT molecular complexity index is 1220. The molecule has 35 heavy (non-hydrogen) atoms. The lowest BCUT2D eigenvalue weighted by Crippen LogP contribution is -2.29. The molecule has 1 saturated carbocycles. The summed E-state index contributed by atoms with van der Waals surface area (Å²) in [6.07, 6.45) is 3.51. The average molecular weight is 476 g/mol. The summed E-state index contributed by atoms with van der Waals surface area (Å²) in [7, 11) is -0.505. The molecule has 1 aliphatic carbocycles. The molecule has 1 aliphatic heterocycles. The van der Waals surface area contributed by atoms with Crippen LogP contribution in [0.4, 0.5) is 0 Å². The minimum atomic E-state index is -0.505. The monoisotopic (exact) mass is 475 g/mol. The first-order valence-electron chi connectivity index (χ1n) is 12.6. The molecule has 4 atom stereocenters. The van der Waals surface area contributed by atoms with E-state index in [9.17, 15) is 0 Å². The van der Waals surface area contributed by atoms with E-state index in [0.29, 0.717) is 11.6 Å². The van der Waals surface area contributed by atoms with Crippen molar-refractivity contribution >= 4 is 24.4 Å². The van der Waals surface area contributed by atoms with Crippen LogP contribution >= 0.6 is 7.92 Å². The van der Waals surface area contributed by atoms with Gasteiger partial charge < -0.3 is 4.74 Å². The van der Waals surface area contributed by atoms with E-state index in [1.54, 1.807) is 0 Å². The zero-order chi connectivity index (χ0) is 23.5. The van der Waals surface area contributed by atoms with Gasteiger partial charge in [-0.15, -0.1) is 0 Å². The maximum Gasteiger partial charge on any atom is 0.188 e. The van der Waals surface area contributed by atoms with E-state index in [1.807, 2.05) is 0 Å². The highest BCUT2D eigenvalue weighted by Gasteiger charge is 2.43. The summed E-state index contributed by atoms with van der Waals surface area (Å²) in [6.45, 7) is 0. The van der Waals surface area contributed by atoms with Gasteiger partial charge in [-0.1, -0.05) is 128 Å². The molecular formula is C32H30NOP. The molecule has 0 aromatic heterocycles. The summed E-state index contributed by atoms with van der Waals surface area (Å²) in [6, 6.07) is 43.4. The number of rotatable bonds is 6. The molecule has 2 aliphatic rings. The van der Waals surface area contributed by atoms with Gasteiger partial charge >= 0.3 is 0 Å². The second-order valence-electron chi connectivity index (χ2n) is 9.42. The third-order valence-electron chi connectivity index (χ3n) is 7.27. The molecule has 0 bridgehead atoms. The second kappa shape index (κ2) is 10.2. The maximum absolute atomic E-state index is 6.81. The number of aliphatic imine (C=N–C) groups is 1. The van der Waals surface area contributed by atoms with Crippen molar-refractivity contribution in [3.63, 3.8) is 0 Å². The van der Waals surface area contributed by atoms with Crippen molar-refractivity contribution in [3.05, 3.63) is 132 Å². The van der Waals surface area contributed by atoms with Crippen molar-refractivity contribution in [2.24, 2.45) is 10.9 Å². The molecule has 2 nitrogen and oxygen atoms in total. The molecule has 174 valence electrons. The third kappa shape index (κ3) is 4.56. The molecule has 3 heteroatoms. The van der Waals surface area contributed by atoms with Gasteiger partial charge in [-0.3, -0.25) is 0 Å². The van der Waals surface area contributed by atoms with Crippen LogP contribution in [-0.2, 0) is 4.74 Å². The van der Waals surface area contributed by atoms with Gasteiger partial charge in [-0.05, 0) is 48.2 Å². The van der Waals surface area contributed by atoms with Gasteiger partial charge in [0.1, 0.15) is 6.04 Å². The Morgan fingerprint density at radius 2 is 1.11 bits per heavy atom. The van der Waals surface area contributed by atoms with E-state index in [0.717, 1.165) is 12.3 Å². The quantitative estimate of drug-likeness (QED) is 0.270. The van der Waals surface area contributed by atoms with Crippen LogP contribution in [-0.4, -0.2) is 11.6 Å². The van der Waals surface area contributed by atoms with Crippen LogP contribution in [0.25, 0.3) is 0 Å². The third-order valence-corrected chi connectivity index (χ3v) is 10.3. The zero-order valence-corrected chi connectivity index (χ0v) is 20.7. The van der Waals surface area contributed by atoms with Gasteiger partial charge in [0.2, 0.25) is 0 Å². The van der Waals surface area contributed by atoms with E-state index in [-0.39, 0.29) is 12.1 Å². The molecule has 1 heterocycles. The lowest BCUT2D eigenvalue weighted by molar-refractivity contribution is 0.185. The lowest BCUT2D eigenvalue weighted by atomic mass is 9.97. The largest absolute Gasteiger partial charge is 0.470 e. The Morgan fingerprint density at radius 1 is 0.600 bits per heavy atom. The Morgan fingerprint density at radius 3 is 1.69 bits per heavy atom. The topological polar surface area (TPSA) is 21.6 Å². The van der Waals surface area contributed by atoms with Crippen LogP contribution in [0.1, 0.15) is 42.5 Å². The molecule has 0 amide bonds. The Balaban J connectivity index is 1.38. The van der Waals surface area contributed by atoms with Crippen molar-refractivity contribution in [1.82, 2.24) is 0 Å². The maximum atomic E-state index is 6.81. The number of nitrogens with zero attached hydrogens (tertiary/aromatic N) is 1. The first kappa shape index (κ1) is 22.3. The normalized spacial score (nSPS) is 23.7. The first-order chi connectivity index (χ1) is 17.4. The molecule has 4 aromatic rings. The SMILES string of the molecule is c1ccc([C@@H]2N=C(C3CCC[C@@H]3P(c3ccccc3)c3ccccc3)O[C@H]2c2ccccc2)cc1. The molecule has 0 radical (unpaired) electrons. The van der Waals surface area contributed by atoms with E-state index in [1.165, 1.54) is 34.6 Å². The van der Waals surface area contributed by atoms with Crippen molar-refractivity contribution in [3.8, 4) is 0 Å². The predicted octanol–water partition coefficient (Wildman–Crippen LogP) is 7.20. The fourth-order valence-corrected chi connectivity index (χ4v) is 8.78. The van der Waals surface area contributed by atoms with E-state index >= 15 is 0 Å². The highest BCUT2D eigenvalue weighted by molar-refractivity contribution is 7.73. The first-order valence-corrected chi connectivity index (χ1v) is 14.0. The molecular weight excluding hydrogens is 445 g/mol. The molecule has 6 rings (SSSR count). The van der Waals surface area contributed by atoms with Crippen molar-refractivity contribution in [2.45, 2.75) is 37.1 Å².